The van der Waals surface area contributed by atoms with Crippen molar-refractivity contribution in [2.24, 2.45) is 0 Å². The van der Waals surface area contributed by atoms with Gasteiger partial charge in [-0.25, -0.2) is 0 Å². The standard InChI is InChI=1S/C16H16NO/c1-3-14-10-9-13(2)17(11-14)12-16(18)15-7-5-4-6-8-15/h3-11H,1,12H2,2H3/q+1. The molecule has 2 aromatic rings. The van der Waals surface area contributed by atoms with Gasteiger partial charge >= 0.3 is 0 Å². The van der Waals surface area contributed by atoms with E-state index in [4.69, 9.17) is 0 Å². The number of aromatic nitrogens is 1. The van der Waals surface area contributed by atoms with Crippen molar-refractivity contribution in [3.63, 3.8) is 0 Å². The van der Waals surface area contributed by atoms with Crippen LogP contribution in [0.2, 0.25) is 0 Å². The number of hydrogen-bond donors (Lipinski definition) is 0. The summed E-state index contributed by atoms with van der Waals surface area (Å²) in [6.45, 7) is 6.09. The summed E-state index contributed by atoms with van der Waals surface area (Å²) in [7, 11) is 0. The normalized spacial score (nSPS) is 10.1. The maximum absolute atomic E-state index is 12.1. The van der Waals surface area contributed by atoms with Gasteiger partial charge in [0.15, 0.2) is 11.9 Å². The molecule has 0 amide bonds. The van der Waals surface area contributed by atoms with Gasteiger partial charge in [-0.15, -0.1) is 0 Å². The van der Waals surface area contributed by atoms with E-state index < -0.39 is 0 Å². The van der Waals surface area contributed by atoms with E-state index in [0.29, 0.717) is 6.54 Å². The predicted octanol–water partition coefficient (Wildman–Crippen LogP) is 2.81. The highest BCUT2D eigenvalue weighted by Gasteiger charge is 2.14. The van der Waals surface area contributed by atoms with Crippen molar-refractivity contribution in [2.75, 3.05) is 0 Å². The number of hydrogen-bond acceptors (Lipinski definition) is 1. The minimum Gasteiger partial charge on any atom is -0.287 e. The number of aryl methyl sites for hydroxylation is 1. The molecule has 0 N–H and O–H groups in total. The average molecular weight is 238 g/mol. The van der Waals surface area contributed by atoms with Gasteiger partial charge in [0.25, 0.3) is 0 Å². The SMILES string of the molecule is C=Cc1ccc(C)[n+](CC(=O)c2ccccc2)c1. The molecular formula is C16H16NO+. The molecule has 0 unspecified atom stereocenters. The van der Waals surface area contributed by atoms with Crippen LogP contribution in [-0.4, -0.2) is 5.78 Å². The summed E-state index contributed by atoms with van der Waals surface area (Å²) < 4.78 is 1.95. The second-order valence-corrected chi connectivity index (χ2v) is 4.23. The first kappa shape index (κ1) is 12.2. The number of ketones is 1. The summed E-state index contributed by atoms with van der Waals surface area (Å²) in [6, 6.07) is 13.3. The van der Waals surface area contributed by atoms with Crippen LogP contribution in [0.4, 0.5) is 0 Å². The molecule has 1 aromatic carbocycles. The van der Waals surface area contributed by atoms with E-state index in [9.17, 15) is 4.79 Å². The van der Waals surface area contributed by atoms with Crippen molar-refractivity contribution in [1.82, 2.24) is 0 Å². The third kappa shape index (κ3) is 2.72. The molecule has 0 spiro atoms. The summed E-state index contributed by atoms with van der Waals surface area (Å²) in [5.74, 6) is 0.116. The van der Waals surface area contributed by atoms with E-state index in [2.05, 4.69) is 6.58 Å². The van der Waals surface area contributed by atoms with Crippen LogP contribution in [0.3, 0.4) is 0 Å². The van der Waals surface area contributed by atoms with Crippen molar-refractivity contribution in [1.29, 1.82) is 0 Å². The van der Waals surface area contributed by atoms with Crippen molar-refractivity contribution in [3.8, 4) is 0 Å². The molecule has 0 atom stereocenters. The number of carbonyl (C=O) groups excluding carboxylic acids is 1. The minimum absolute atomic E-state index is 0.116. The fraction of sp³-hybridized carbons (Fsp3) is 0.125. The maximum Gasteiger partial charge on any atom is 0.227 e. The van der Waals surface area contributed by atoms with Gasteiger partial charge in [-0.1, -0.05) is 43.0 Å². The topological polar surface area (TPSA) is 20.9 Å². The lowest BCUT2D eigenvalue weighted by Crippen LogP contribution is -2.40. The molecule has 0 bridgehead atoms. The Balaban J connectivity index is 2.24. The van der Waals surface area contributed by atoms with Crippen LogP contribution in [0.25, 0.3) is 6.08 Å². The third-order valence-electron chi connectivity index (χ3n) is 2.92. The molecule has 0 saturated carbocycles. The zero-order valence-electron chi connectivity index (χ0n) is 10.5. The molecule has 1 heterocycles. The number of pyridine rings is 1. The summed E-state index contributed by atoms with van der Waals surface area (Å²) in [5.41, 5.74) is 2.82. The summed E-state index contributed by atoms with van der Waals surface area (Å²) in [4.78, 5) is 12.1. The first-order valence-corrected chi connectivity index (χ1v) is 5.91. The average Bonchev–Trinajstić information content (AvgIpc) is 2.42. The summed E-state index contributed by atoms with van der Waals surface area (Å²) in [6.07, 6.45) is 3.73. The van der Waals surface area contributed by atoms with Gasteiger partial charge in [0.05, 0.1) is 0 Å². The fourth-order valence-electron chi connectivity index (χ4n) is 1.80. The Hall–Kier alpha value is -2.22. The minimum atomic E-state index is 0.116. The van der Waals surface area contributed by atoms with Crippen LogP contribution in [0.15, 0.2) is 55.2 Å². The third-order valence-corrected chi connectivity index (χ3v) is 2.92. The van der Waals surface area contributed by atoms with E-state index >= 15 is 0 Å². The smallest absolute Gasteiger partial charge is 0.227 e. The van der Waals surface area contributed by atoms with E-state index in [1.54, 1.807) is 6.08 Å². The second-order valence-electron chi connectivity index (χ2n) is 4.23. The van der Waals surface area contributed by atoms with Gasteiger partial charge in [0, 0.05) is 24.1 Å². The second kappa shape index (κ2) is 5.41. The molecule has 0 aliphatic rings. The van der Waals surface area contributed by atoms with Gasteiger partial charge in [-0.3, -0.25) is 4.79 Å². The molecule has 0 aliphatic heterocycles. The molecule has 2 rings (SSSR count). The Labute approximate surface area is 107 Å². The molecule has 0 saturated heterocycles. The molecular weight excluding hydrogens is 222 g/mol. The largest absolute Gasteiger partial charge is 0.287 e. The van der Waals surface area contributed by atoms with Gasteiger partial charge in [-0.2, -0.15) is 4.57 Å². The number of rotatable bonds is 4. The fourth-order valence-corrected chi connectivity index (χ4v) is 1.80. The quantitative estimate of drug-likeness (QED) is 0.592. The Morgan fingerprint density at radius 3 is 2.61 bits per heavy atom. The van der Waals surface area contributed by atoms with Crippen LogP contribution >= 0.6 is 0 Å². The lowest BCUT2D eigenvalue weighted by Gasteiger charge is -2.01. The predicted molar refractivity (Wildman–Crippen MR) is 72.2 cm³/mol. The zero-order chi connectivity index (χ0) is 13.0. The Kier molecular flexibility index (Phi) is 3.68. The monoisotopic (exact) mass is 238 g/mol. The molecule has 0 radical (unpaired) electrons. The van der Waals surface area contributed by atoms with Gasteiger partial charge < -0.3 is 0 Å². The van der Waals surface area contributed by atoms with E-state index in [0.717, 1.165) is 16.8 Å². The van der Waals surface area contributed by atoms with Crippen LogP contribution in [0, 0.1) is 6.92 Å². The van der Waals surface area contributed by atoms with Crippen LogP contribution in [0.1, 0.15) is 21.6 Å². The first-order chi connectivity index (χ1) is 8.70. The van der Waals surface area contributed by atoms with Gasteiger partial charge in [-0.05, 0) is 6.07 Å². The lowest BCUT2D eigenvalue weighted by atomic mass is 10.1. The van der Waals surface area contributed by atoms with Gasteiger partial charge in [0.1, 0.15) is 0 Å². The molecule has 0 aliphatic carbocycles. The van der Waals surface area contributed by atoms with E-state index in [1.165, 1.54) is 0 Å². The van der Waals surface area contributed by atoms with Crippen LogP contribution < -0.4 is 4.57 Å². The first-order valence-electron chi connectivity index (χ1n) is 5.91. The highest BCUT2D eigenvalue weighted by molar-refractivity contribution is 5.94. The highest BCUT2D eigenvalue weighted by atomic mass is 16.1. The van der Waals surface area contributed by atoms with Gasteiger partial charge in [0.2, 0.25) is 12.3 Å². The summed E-state index contributed by atoms with van der Waals surface area (Å²) >= 11 is 0. The van der Waals surface area contributed by atoms with Crippen molar-refractivity contribution in [3.05, 3.63) is 72.1 Å². The van der Waals surface area contributed by atoms with Crippen molar-refractivity contribution < 1.29 is 9.36 Å². The highest BCUT2D eigenvalue weighted by Crippen LogP contribution is 2.02. The molecule has 0 fully saturated rings. The van der Waals surface area contributed by atoms with Crippen LogP contribution in [-0.2, 0) is 6.54 Å². The molecule has 1 aromatic heterocycles. The van der Waals surface area contributed by atoms with Crippen molar-refractivity contribution >= 4 is 11.9 Å². The Morgan fingerprint density at radius 1 is 1.22 bits per heavy atom. The number of nitrogens with zero attached hydrogens (tertiary/aromatic N) is 1. The number of carbonyl (C=O) groups is 1. The van der Waals surface area contributed by atoms with E-state index in [1.807, 2.05) is 60.2 Å². The maximum atomic E-state index is 12.1. The summed E-state index contributed by atoms with van der Waals surface area (Å²) in [5, 5.41) is 0. The Morgan fingerprint density at radius 2 is 1.94 bits per heavy atom. The lowest BCUT2D eigenvalue weighted by molar-refractivity contribution is -0.689. The molecule has 2 nitrogen and oxygen atoms in total. The Bertz CT molecular complexity index is 573. The number of benzene rings is 1. The molecule has 2 heteroatoms. The molecule has 18 heavy (non-hydrogen) atoms. The van der Waals surface area contributed by atoms with Crippen molar-refractivity contribution in [2.45, 2.75) is 13.5 Å². The molecule has 90 valence electrons. The van der Waals surface area contributed by atoms with Crippen LogP contribution in [0.5, 0.6) is 0 Å². The van der Waals surface area contributed by atoms with E-state index in [-0.39, 0.29) is 5.78 Å². The number of Topliss-reactive ketones (excluding diaryl/α,β-unsaturated/α-hetero) is 1. The zero-order valence-corrected chi connectivity index (χ0v) is 10.5.